The number of rotatable bonds is 2. The fourth-order valence-corrected chi connectivity index (χ4v) is 0.699. The summed E-state index contributed by atoms with van der Waals surface area (Å²) in [6, 6.07) is 2.19. The highest BCUT2D eigenvalue weighted by molar-refractivity contribution is 14.0. The van der Waals surface area contributed by atoms with Crippen LogP contribution in [0.5, 0.6) is 0 Å². The van der Waals surface area contributed by atoms with E-state index in [1.807, 2.05) is 0 Å². The number of nitrogens with two attached hydrogens (primary N) is 2. The molecule has 1 saturated carbocycles. The van der Waals surface area contributed by atoms with E-state index in [1.54, 1.807) is 0 Å². The Hall–Kier alpha value is -0.510. The lowest BCUT2D eigenvalue weighted by molar-refractivity contribution is 0.683. The first kappa shape index (κ1) is 10.5. The summed E-state index contributed by atoms with van der Waals surface area (Å²) in [7, 11) is 0. The molecule has 0 aromatic heterocycles. The monoisotopic (exact) mass is 266 g/mol. The molecule has 0 aliphatic heterocycles. The molecule has 0 radical (unpaired) electrons. The molecule has 0 aromatic carbocycles. The molecule has 0 unspecified atom stereocenters. The van der Waals surface area contributed by atoms with Crippen molar-refractivity contribution in [3.63, 3.8) is 0 Å². The summed E-state index contributed by atoms with van der Waals surface area (Å²) in [6.07, 6.45) is 1.86. The van der Waals surface area contributed by atoms with Crippen molar-refractivity contribution in [1.29, 1.82) is 5.26 Å². The Bertz CT molecular complexity index is 197. The van der Waals surface area contributed by atoms with Crippen molar-refractivity contribution in [3.05, 3.63) is 0 Å². The molecule has 1 aliphatic rings. The third-order valence-electron chi connectivity index (χ3n) is 1.66. The van der Waals surface area contributed by atoms with Gasteiger partial charge in [-0.15, -0.1) is 24.0 Å². The Labute approximate surface area is 82.7 Å². The third-order valence-corrected chi connectivity index (χ3v) is 1.66. The van der Waals surface area contributed by atoms with Crippen molar-refractivity contribution in [2.75, 3.05) is 6.54 Å². The SMILES string of the molecule is I.N#CC1(CN=C(N)N)CC1. The second kappa shape index (κ2) is 3.76. The maximum Gasteiger partial charge on any atom is 0.185 e. The van der Waals surface area contributed by atoms with Crippen LogP contribution in [0.1, 0.15) is 12.8 Å². The number of aliphatic imine (C=N–C) groups is 1. The first-order valence-electron chi connectivity index (χ1n) is 3.15. The lowest BCUT2D eigenvalue weighted by atomic mass is 10.1. The molecule has 1 aliphatic carbocycles. The zero-order chi connectivity index (χ0) is 7.61. The summed E-state index contributed by atoms with van der Waals surface area (Å²) in [5.74, 6) is 0.0709. The molecule has 0 spiro atoms. The molecule has 0 heterocycles. The van der Waals surface area contributed by atoms with Gasteiger partial charge in [-0.25, -0.2) is 0 Å². The lowest BCUT2D eigenvalue weighted by Crippen LogP contribution is -2.24. The predicted octanol–water partition coefficient (Wildman–Crippen LogP) is 0.182. The van der Waals surface area contributed by atoms with E-state index in [1.165, 1.54) is 0 Å². The number of guanidine groups is 1. The molecule has 4 N–H and O–H groups in total. The van der Waals surface area contributed by atoms with Crippen LogP contribution in [-0.2, 0) is 0 Å². The van der Waals surface area contributed by atoms with Crippen LogP contribution < -0.4 is 11.5 Å². The minimum absolute atomic E-state index is 0. The van der Waals surface area contributed by atoms with Gasteiger partial charge in [-0.05, 0) is 12.8 Å². The quantitative estimate of drug-likeness (QED) is 0.424. The first-order chi connectivity index (χ1) is 4.68. The molecule has 0 saturated heterocycles. The summed E-state index contributed by atoms with van der Waals surface area (Å²) in [5.41, 5.74) is 9.98. The van der Waals surface area contributed by atoms with Crippen molar-refractivity contribution in [2.45, 2.75) is 12.8 Å². The van der Waals surface area contributed by atoms with Crippen molar-refractivity contribution >= 4 is 29.9 Å². The highest BCUT2D eigenvalue weighted by atomic mass is 127. The first-order valence-corrected chi connectivity index (χ1v) is 3.15. The number of nitriles is 1. The zero-order valence-electron chi connectivity index (χ0n) is 6.08. The van der Waals surface area contributed by atoms with Gasteiger partial charge in [-0.1, -0.05) is 0 Å². The van der Waals surface area contributed by atoms with E-state index < -0.39 is 0 Å². The van der Waals surface area contributed by atoms with E-state index in [2.05, 4.69) is 11.1 Å². The van der Waals surface area contributed by atoms with Crippen molar-refractivity contribution in [2.24, 2.45) is 21.9 Å². The van der Waals surface area contributed by atoms with Gasteiger partial charge in [0.15, 0.2) is 5.96 Å². The summed E-state index contributed by atoms with van der Waals surface area (Å²) < 4.78 is 0. The largest absolute Gasteiger partial charge is 0.370 e. The average molecular weight is 266 g/mol. The van der Waals surface area contributed by atoms with Gasteiger partial charge in [0.1, 0.15) is 0 Å². The molecule has 1 rings (SSSR count). The maximum atomic E-state index is 8.57. The van der Waals surface area contributed by atoms with Crippen LogP contribution in [0.3, 0.4) is 0 Å². The minimum Gasteiger partial charge on any atom is -0.370 e. The molecule has 0 amide bonds. The number of hydrogen-bond donors (Lipinski definition) is 2. The summed E-state index contributed by atoms with van der Waals surface area (Å²) >= 11 is 0. The predicted molar refractivity (Wildman–Crippen MR) is 53.4 cm³/mol. The summed E-state index contributed by atoms with van der Waals surface area (Å²) in [6.45, 7) is 0.464. The normalized spacial score (nSPS) is 17.4. The van der Waals surface area contributed by atoms with Gasteiger partial charge in [0.2, 0.25) is 0 Å². The Balaban J connectivity index is 0.000001000. The maximum absolute atomic E-state index is 8.57. The van der Waals surface area contributed by atoms with Crippen LogP contribution in [0, 0.1) is 16.7 Å². The summed E-state index contributed by atoms with van der Waals surface area (Å²) in [5, 5.41) is 8.57. The van der Waals surface area contributed by atoms with Gasteiger partial charge in [-0.2, -0.15) is 5.26 Å². The van der Waals surface area contributed by atoms with Gasteiger partial charge >= 0.3 is 0 Å². The van der Waals surface area contributed by atoms with Gasteiger partial charge in [0, 0.05) is 0 Å². The molecule has 0 aromatic rings. The Kier molecular flexibility index (Phi) is 3.58. The third kappa shape index (κ3) is 2.93. The van der Waals surface area contributed by atoms with E-state index in [0.717, 1.165) is 12.8 Å². The van der Waals surface area contributed by atoms with Gasteiger partial charge < -0.3 is 11.5 Å². The number of nitrogens with zero attached hydrogens (tertiary/aromatic N) is 2. The Morgan fingerprint density at radius 2 is 2.09 bits per heavy atom. The smallest absolute Gasteiger partial charge is 0.185 e. The topological polar surface area (TPSA) is 88.2 Å². The second-order valence-electron chi connectivity index (χ2n) is 2.63. The molecule has 11 heavy (non-hydrogen) atoms. The van der Waals surface area contributed by atoms with E-state index >= 15 is 0 Å². The van der Waals surface area contributed by atoms with Crippen LogP contribution in [0.4, 0.5) is 0 Å². The fourth-order valence-electron chi connectivity index (χ4n) is 0.699. The Morgan fingerprint density at radius 1 is 1.55 bits per heavy atom. The minimum atomic E-state index is -0.218. The molecular weight excluding hydrogens is 255 g/mol. The van der Waals surface area contributed by atoms with Gasteiger partial charge in [0.25, 0.3) is 0 Å². The van der Waals surface area contributed by atoms with Crippen molar-refractivity contribution in [3.8, 4) is 6.07 Å². The standard InChI is InChI=1S/C6H10N4.HI/c7-3-6(1-2-6)4-10-5(8)9;/h1-2,4H2,(H4,8,9,10);1H. The van der Waals surface area contributed by atoms with E-state index in [0.29, 0.717) is 6.54 Å². The fraction of sp³-hybridized carbons (Fsp3) is 0.667. The van der Waals surface area contributed by atoms with Crippen LogP contribution >= 0.6 is 24.0 Å². The van der Waals surface area contributed by atoms with E-state index in [9.17, 15) is 0 Å². The molecule has 62 valence electrons. The van der Waals surface area contributed by atoms with E-state index in [4.69, 9.17) is 16.7 Å². The molecular formula is C6H11IN4. The molecule has 0 bridgehead atoms. The van der Waals surface area contributed by atoms with E-state index in [-0.39, 0.29) is 35.4 Å². The molecule has 0 atom stereocenters. The van der Waals surface area contributed by atoms with Crippen molar-refractivity contribution in [1.82, 2.24) is 0 Å². The lowest BCUT2D eigenvalue weighted by Gasteiger charge is -1.98. The van der Waals surface area contributed by atoms with Crippen LogP contribution in [0.25, 0.3) is 0 Å². The van der Waals surface area contributed by atoms with Crippen LogP contribution in [-0.4, -0.2) is 12.5 Å². The highest BCUT2D eigenvalue weighted by Crippen LogP contribution is 2.44. The zero-order valence-corrected chi connectivity index (χ0v) is 8.41. The summed E-state index contributed by atoms with van der Waals surface area (Å²) in [4.78, 5) is 3.78. The van der Waals surface area contributed by atoms with Gasteiger partial charge in [-0.3, -0.25) is 4.99 Å². The average Bonchev–Trinajstić information content (AvgIpc) is 2.64. The second-order valence-corrected chi connectivity index (χ2v) is 2.63. The number of hydrogen-bond acceptors (Lipinski definition) is 2. The number of halogens is 1. The van der Waals surface area contributed by atoms with Crippen molar-refractivity contribution < 1.29 is 0 Å². The van der Waals surface area contributed by atoms with Gasteiger partial charge in [0.05, 0.1) is 18.0 Å². The molecule has 4 nitrogen and oxygen atoms in total. The molecule has 5 heteroatoms. The van der Waals surface area contributed by atoms with Crippen LogP contribution in [0.15, 0.2) is 4.99 Å². The Morgan fingerprint density at radius 3 is 2.36 bits per heavy atom. The molecule has 1 fully saturated rings. The highest BCUT2D eigenvalue weighted by Gasteiger charge is 2.42. The van der Waals surface area contributed by atoms with Crippen LogP contribution in [0.2, 0.25) is 0 Å².